The minimum atomic E-state index is 0.665. The highest BCUT2D eigenvalue weighted by molar-refractivity contribution is 5.34. The summed E-state index contributed by atoms with van der Waals surface area (Å²) in [6.45, 7) is 0.673. The minimum Gasteiger partial charge on any atom is -0.373 e. The Bertz CT molecular complexity index is 505. The zero-order chi connectivity index (χ0) is 11.4. The van der Waals surface area contributed by atoms with Crippen LogP contribution in [0, 0.1) is 11.3 Å². The average molecular weight is 212 g/mol. The summed E-state index contributed by atoms with van der Waals surface area (Å²) < 4.78 is 1.90. The van der Waals surface area contributed by atoms with Crippen LogP contribution in [0.4, 0.5) is 5.82 Å². The molecule has 0 amide bonds. The number of pyridine rings is 1. The Kier molecular flexibility index (Phi) is 2.88. The third-order valence-corrected chi connectivity index (χ3v) is 2.38. The molecule has 0 radical (unpaired) electrons. The molecule has 0 bridgehead atoms. The van der Waals surface area contributed by atoms with E-state index in [-0.39, 0.29) is 0 Å². The van der Waals surface area contributed by atoms with E-state index in [2.05, 4.69) is 16.4 Å². The van der Waals surface area contributed by atoms with Crippen LogP contribution in [0.5, 0.6) is 0 Å². The lowest BCUT2D eigenvalue weighted by atomic mass is 10.2. The minimum absolute atomic E-state index is 0.665. The van der Waals surface area contributed by atoms with E-state index < -0.39 is 0 Å². The van der Waals surface area contributed by atoms with Gasteiger partial charge in [0.1, 0.15) is 17.6 Å². The summed E-state index contributed by atoms with van der Waals surface area (Å²) in [5, 5.41) is 11.8. The van der Waals surface area contributed by atoms with Crippen molar-refractivity contribution in [3.05, 3.63) is 47.9 Å². The molecule has 2 aromatic rings. The number of aromatic nitrogens is 2. The summed E-state index contributed by atoms with van der Waals surface area (Å²) in [7, 11) is 1.84. The van der Waals surface area contributed by atoms with Crippen molar-refractivity contribution in [2.45, 2.75) is 6.54 Å². The molecule has 2 aromatic heterocycles. The molecular weight excluding hydrogens is 200 g/mol. The van der Waals surface area contributed by atoms with Gasteiger partial charge in [0.25, 0.3) is 0 Å². The Balaban J connectivity index is 2.18. The molecule has 0 spiro atoms. The molecule has 0 unspecified atom stereocenters. The van der Waals surface area contributed by atoms with E-state index in [0.29, 0.717) is 12.2 Å². The second-order valence-corrected chi connectivity index (χ2v) is 3.43. The van der Waals surface area contributed by atoms with E-state index >= 15 is 0 Å². The van der Waals surface area contributed by atoms with Crippen molar-refractivity contribution in [3.8, 4) is 6.07 Å². The normalized spacial score (nSPS) is 9.75. The number of nitriles is 1. The second kappa shape index (κ2) is 4.49. The molecule has 0 saturated carbocycles. The first kappa shape index (κ1) is 10.2. The summed E-state index contributed by atoms with van der Waals surface area (Å²) >= 11 is 0. The van der Waals surface area contributed by atoms with E-state index in [1.807, 2.05) is 42.2 Å². The Morgan fingerprint density at radius 2 is 2.31 bits per heavy atom. The number of nitrogens with one attached hydrogen (secondary N) is 1. The van der Waals surface area contributed by atoms with Gasteiger partial charge in [0.15, 0.2) is 0 Å². The van der Waals surface area contributed by atoms with Crippen LogP contribution in [0.2, 0.25) is 0 Å². The summed E-state index contributed by atoms with van der Waals surface area (Å²) in [5.41, 5.74) is 1.74. The van der Waals surface area contributed by atoms with Gasteiger partial charge >= 0.3 is 0 Å². The predicted molar refractivity (Wildman–Crippen MR) is 62.0 cm³/mol. The van der Waals surface area contributed by atoms with Crippen molar-refractivity contribution in [2.24, 2.45) is 0 Å². The van der Waals surface area contributed by atoms with Gasteiger partial charge in [-0.25, -0.2) is 4.98 Å². The maximum atomic E-state index is 8.87. The monoisotopic (exact) mass is 212 g/mol. The molecule has 16 heavy (non-hydrogen) atoms. The van der Waals surface area contributed by atoms with Gasteiger partial charge in [-0.2, -0.15) is 5.26 Å². The lowest BCUT2D eigenvalue weighted by Crippen LogP contribution is -2.01. The lowest BCUT2D eigenvalue weighted by molar-refractivity contribution is 0.790. The number of rotatable bonds is 3. The number of anilines is 1. The van der Waals surface area contributed by atoms with E-state index in [0.717, 1.165) is 11.4 Å². The van der Waals surface area contributed by atoms with Crippen molar-refractivity contribution >= 4 is 5.82 Å². The fourth-order valence-electron chi connectivity index (χ4n) is 1.52. The summed E-state index contributed by atoms with van der Waals surface area (Å²) in [5.74, 6) is 0.844. The molecule has 0 aliphatic rings. The molecule has 0 aromatic carbocycles. The van der Waals surface area contributed by atoms with E-state index in [1.54, 1.807) is 6.07 Å². The molecular formula is C12H12N4. The van der Waals surface area contributed by atoms with E-state index in [4.69, 9.17) is 5.26 Å². The Morgan fingerprint density at radius 3 is 2.94 bits per heavy atom. The highest BCUT2D eigenvalue weighted by atomic mass is 15.0. The molecule has 0 aliphatic heterocycles. The van der Waals surface area contributed by atoms with Crippen molar-refractivity contribution in [1.82, 2.24) is 9.55 Å². The second-order valence-electron chi connectivity index (χ2n) is 3.43. The fourth-order valence-corrected chi connectivity index (χ4v) is 1.52. The van der Waals surface area contributed by atoms with Crippen LogP contribution >= 0.6 is 0 Å². The summed E-state index contributed by atoms with van der Waals surface area (Å²) in [6, 6.07) is 9.74. The number of nitrogens with zero attached hydrogens (tertiary/aromatic N) is 3. The van der Waals surface area contributed by atoms with Gasteiger partial charge in [0.05, 0.1) is 0 Å². The fraction of sp³-hybridized carbons (Fsp3) is 0.167. The molecule has 0 atom stereocenters. The molecule has 1 N–H and O–H groups in total. The molecule has 0 fully saturated rings. The van der Waals surface area contributed by atoms with Crippen LogP contribution in [0.15, 0.2) is 36.7 Å². The van der Waals surface area contributed by atoms with Crippen molar-refractivity contribution in [3.63, 3.8) is 0 Å². The molecule has 0 saturated heterocycles. The van der Waals surface area contributed by atoms with Gasteiger partial charge in [-0.05, 0) is 23.8 Å². The topological polar surface area (TPSA) is 53.6 Å². The van der Waals surface area contributed by atoms with Gasteiger partial charge in [-0.15, -0.1) is 0 Å². The molecule has 4 nitrogen and oxygen atoms in total. The van der Waals surface area contributed by atoms with Gasteiger partial charge in [-0.1, -0.05) is 6.07 Å². The summed E-state index contributed by atoms with van der Waals surface area (Å²) in [6.07, 6.45) is 3.71. The number of hydrogen-bond donors (Lipinski definition) is 1. The predicted octanol–water partition coefficient (Wildman–Crippen LogP) is 1.84. The van der Waals surface area contributed by atoms with Crippen LogP contribution in [-0.4, -0.2) is 16.6 Å². The zero-order valence-corrected chi connectivity index (χ0v) is 9.01. The zero-order valence-electron chi connectivity index (χ0n) is 9.01. The van der Waals surface area contributed by atoms with Gasteiger partial charge in [0.2, 0.25) is 0 Å². The summed E-state index contributed by atoms with van der Waals surface area (Å²) in [4.78, 5) is 4.23. The van der Waals surface area contributed by atoms with Gasteiger partial charge in [-0.3, -0.25) is 0 Å². The van der Waals surface area contributed by atoms with Crippen LogP contribution in [0.3, 0.4) is 0 Å². The molecule has 4 heteroatoms. The number of hydrogen-bond acceptors (Lipinski definition) is 3. The van der Waals surface area contributed by atoms with Crippen LogP contribution in [0.25, 0.3) is 0 Å². The maximum Gasteiger partial charge on any atom is 0.125 e. The molecule has 2 rings (SSSR count). The Hall–Kier alpha value is -2.28. The first-order valence-corrected chi connectivity index (χ1v) is 5.01. The quantitative estimate of drug-likeness (QED) is 0.844. The van der Waals surface area contributed by atoms with Crippen molar-refractivity contribution in [2.75, 3.05) is 12.4 Å². The SMILES string of the molecule is CNc1ccc(Cn2cccc2C#N)cn1. The molecule has 80 valence electrons. The molecule has 2 heterocycles. The van der Waals surface area contributed by atoms with Crippen LogP contribution in [0.1, 0.15) is 11.3 Å². The highest BCUT2D eigenvalue weighted by Crippen LogP contribution is 2.08. The first-order chi connectivity index (χ1) is 7.83. The van der Waals surface area contributed by atoms with Gasteiger partial charge in [0, 0.05) is 26.0 Å². The smallest absolute Gasteiger partial charge is 0.125 e. The highest BCUT2D eigenvalue weighted by Gasteiger charge is 2.00. The Labute approximate surface area is 94.2 Å². The lowest BCUT2D eigenvalue weighted by Gasteiger charge is -2.05. The molecule has 0 aliphatic carbocycles. The standard InChI is InChI=1S/C12H12N4/c1-14-12-5-4-10(8-15-12)9-16-6-2-3-11(16)7-13/h2-6,8H,9H2,1H3,(H,14,15). The third kappa shape index (κ3) is 2.04. The Morgan fingerprint density at radius 1 is 1.44 bits per heavy atom. The van der Waals surface area contributed by atoms with E-state index in [9.17, 15) is 0 Å². The maximum absolute atomic E-state index is 8.87. The third-order valence-electron chi connectivity index (χ3n) is 2.38. The van der Waals surface area contributed by atoms with Crippen molar-refractivity contribution < 1.29 is 0 Å². The average Bonchev–Trinajstić information content (AvgIpc) is 2.77. The van der Waals surface area contributed by atoms with E-state index in [1.165, 1.54) is 0 Å². The largest absolute Gasteiger partial charge is 0.373 e. The van der Waals surface area contributed by atoms with Crippen LogP contribution in [-0.2, 0) is 6.54 Å². The van der Waals surface area contributed by atoms with Crippen molar-refractivity contribution in [1.29, 1.82) is 5.26 Å². The van der Waals surface area contributed by atoms with Crippen LogP contribution < -0.4 is 5.32 Å². The van der Waals surface area contributed by atoms with Gasteiger partial charge < -0.3 is 9.88 Å². The first-order valence-electron chi connectivity index (χ1n) is 5.01.